The van der Waals surface area contributed by atoms with Gasteiger partial charge in [-0.05, 0) is 57.4 Å². The summed E-state index contributed by atoms with van der Waals surface area (Å²) in [7, 11) is 0. The van der Waals surface area contributed by atoms with E-state index in [4.69, 9.17) is 10.5 Å². The minimum atomic E-state index is -3.14. The number of rotatable bonds is 7. The monoisotopic (exact) mass is 419 g/mol. The maximum Gasteiger partial charge on any atom is 0.277 e. The zero-order chi connectivity index (χ0) is 20.0. The normalized spacial score (nSPS) is 19.5. The van der Waals surface area contributed by atoms with Crippen LogP contribution in [0.3, 0.4) is 0 Å². The molecule has 1 aromatic carbocycles. The zero-order valence-corrected chi connectivity index (χ0v) is 16.9. The van der Waals surface area contributed by atoms with Crippen molar-refractivity contribution in [3.63, 3.8) is 0 Å². The quantitative estimate of drug-likeness (QED) is 0.711. The smallest absolute Gasteiger partial charge is 0.277 e. The highest BCUT2D eigenvalue weighted by Gasteiger charge is 2.29. The van der Waals surface area contributed by atoms with Crippen LogP contribution in [0.5, 0.6) is 5.75 Å². The average molecular weight is 420 g/mol. The van der Waals surface area contributed by atoms with Crippen molar-refractivity contribution in [2.45, 2.75) is 51.1 Å². The maximum atomic E-state index is 13.1. The lowest BCUT2D eigenvalue weighted by Crippen LogP contribution is -2.49. The molecule has 0 saturated carbocycles. The van der Waals surface area contributed by atoms with Crippen LogP contribution in [0.25, 0.3) is 0 Å². The van der Waals surface area contributed by atoms with Crippen molar-refractivity contribution in [1.29, 1.82) is 0 Å². The topological polar surface area (TPSA) is 84.7 Å². The molecule has 3 N–H and O–H groups in total. The van der Waals surface area contributed by atoms with Gasteiger partial charge < -0.3 is 20.7 Å². The summed E-state index contributed by atoms with van der Waals surface area (Å²) in [5.74, 6) is -3.39. The number of amides is 2. The lowest BCUT2D eigenvalue weighted by atomic mass is 9.97. The molecule has 2 unspecified atom stereocenters. The number of nitrogens with two attached hydrogens (primary N) is 1. The van der Waals surface area contributed by atoms with Gasteiger partial charge in [0, 0.05) is 17.6 Å². The SMILES string of the molecule is CC1CCCC(C)N1C(=O)COc1ccc(C(=O)NCC(F)(F)CN)cc1.Cl. The van der Waals surface area contributed by atoms with Crippen molar-refractivity contribution in [2.75, 3.05) is 19.7 Å². The number of nitrogens with zero attached hydrogens (tertiary/aromatic N) is 1. The highest BCUT2D eigenvalue weighted by atomic mass is 35.5. The summed E-state index contributed by atoms with van der Waals surface area (Å²) in [5, 5.41) is 2.14. The number of carbonyl (C=O) groups excluding carboxylic acids is 2. The van der Waals surface area contributed by atoms with Crippen LogP contribution in [-0.2, 0) is 4.79 Å². The molecule has 0 bridgehead atoms. The van der Waals surface area contributed by atoms with Gasteiger partial charge in [0.15, 0.2) is 6.61 Å². The molecule has 0 spiro atoms. The summed E-state index contributed by atoms with van der Waals surface area (Å²) < 4.78 is 31.7. The molecule has 2 atom stereocenters. The molecule has 1 fully saturated rings. The first-order valence-electron chi connectivity index (χ1n) is 9.13. The second-order valence-electron chi connectivity index (χ2n) is 6.99. The van der Waals surface area contributed by atoms with E-state index < -0.39 is 24.9 Å². The number of piperidine rings is 1. The predicted molar refractivity (Wildman–Crippen MR) is 105 cm³/mol. The lowest BCUT2D eigenvalue weighted by Gasteiger charge is -2.38. The molecule has 28 heavy (non-hydrogen) atoms. The minimum absolute atomic E-state index is 0. The standard InChI is InChI=1S/C19H27F2N3O3.ClH/c1-13-4-3-5-14(2)24(13)17(25)10-27-16-8-6-15(7-9-16)18(26)23-12-19(20,21)11-22;/h6-9,13-14H,3-5,10-12,22H2,1-2H3,(H,23,26);1H. The van der Waals surface area contributed by atoms with Crippen LogP contribution in [-0.4, -0.2) is 54.4 Å². The fraction of sp³-hybridized carbons (Fsp3) is 0.579. The fourth-order valence-corrected chi connectivity index (χ4v) is 3.22. The number of ether oxygens (including phenoxy) is 1. The van der Waals surface area contributed by atoms with E-state index in [9.17, 15) is 18.4 Å². The number of nitrogens with one attached hydrogen (secondary N) is 1. The van der Waals surface area contributed by atoms with E-state index in [0.29, 0.717) is 5.75 Å². The van der Waals surface area contributed by atoms with Gasteiger partial charge in [-0.3, -0.25) is 9.59 Å². The van der Waals surface area contributed by atoms with Gasteiger partial charge in [-0.1, -0.05) is 0 Å². The number of carbonyl (C=O) groups is 2. The maximum absolute atomic E-state index is 13.1. The van der Waals surface area contributed by atoms with Gasteiger partial charge in [0.25, 0.3) is 17.7 Å². The fourth-order valence-electron chi connectivity index (χ4n) is 3.22. The summed E-state index contributed by atoms with van der Waals surface area (Å²) in [5.41, 5.74) is 5.15. The third-order valence-electron chi connectivity index (χ3n) is 4.77. The molecule has 6 nitrogen and oxygen atoms in total. The van der Waals surface area contributed by atoms with Crippen molar-refractivity contribution in [3.8, 4) is 5.75 Å². The molecule has 0 aromatic heterocycles. The van der Waals surface area contributed by atoms with E-state index in [1.165, 1.54) is 24.3 Å². The molecule has 0 aliphatic carbocycles. The average Bonchev–Trinajstić information content (AvgIpc) is 2.65. The van der Waals surface area contributed by atoms with Gasteiger partial charge in [-0.15, -0.1) is 12.4 Å². The predicted octanol–water partition coefficient (Wildman–Crippen LogP) is 2.60. The number of hydrogen-bond acceptors (Lipinski definition) is 4. The van der Waals surface area contributed by atoms with Gasteiger partial charge in [-0.25, -0.2) is 8.78 Å². The Labute approximate surface area is 170 Å². The van der Waals surface area contributed by atoms with Crippen LogP contribution in [0.15, 0.2) is 24.3 Å². The van der Waals surface area contributed by atoms with E-state index in [2.05, 4.69) is 5.32 Å². The third-order valence-corrected chi connectivity index (χ3v) is 4.77. The van der Waals surface area contributed by atoms with E-state index in [1.54, 1.807) is 0 Å². The first-order chi connectivity index (χ1) is 12.7. The van der Waals surface area contributed by atoms with Crippen LogP contribution in [0, 0.1) is 0 Å². The summed E-state index contributed by atoms with van der Waals surface area (Å²) in [6, 6.07) is 6.38. The van der Waals surface area contributed by atoms with Crippen LogP contribution < -0.4 is 15.8 Å². The number of halogens is 3. The molecule has 1 heterocycles. The van der Waals surface area contributed by atoms with Crippen LogP contribution in [0.4, 0.5) is 8.78 Å². The van der Waals surface area contributed by atoms with Crippen molar-refractivity contribution < 1.29 is 23.1 Å². The second kappa shape index (κ2) is 10.6. The van der Waals surface area contributed by atoms with Gasteiger partial charge in [-0.2, -0.15) is 0 Å². The Morgan fingerprint density at radius 1 is 1.21 bits per heavy atom. The van der Waals surface area contributed by atoms with E-state index >= 15 is 0 Å². The molecule has 9 heteroatoms. The molecule has 1 aliphatic rings. The lowest BCUT2D eigenvalue weighted by molar-refractivity contribution is -0.139. The molecule has 1 aliphatic heterocycles. The first-order valence-corrected chi connectivity index (χ1v) is 9.13. The highest BCUT2D eigenvalue weighted by molar-refractivity contribution is 5.94. The highest BCUT2D eigenvalue weighted by Crippen LogP contribution is 2.23. The Hall–Kier alpha value is -1.93. The van der Waals surface area contributed by atoms with Gasteiger partial charge in [0.05, 0.1) is 13.1 Å². The van der Waals surface area contributed by atoms with Gasteiger partial charge in [0.1, 0.15) is 5.75 Å². The molecular weight excluding hydrogens is 392 g/mol. The van der Waals surface area contributed by atoms with Gasteiger partial charge >= 0.3 is 0 Å². The molecule has 2 rings (SSSR count). The Bertz CT molecular complexity index is 648. The van der Waals surface area contributed by atoms with Crippen LogP contribution >= 0.6 is 12.4 Å². The molecule has 1 aromatic rings. The largest absolute Gasteiger partial charge is 0.484 e. The Morgan fingerprint density at radius 3 is 2.32 bits per heavy atom. The molecule has 2 amide bonds. The number of alkyl halides is 2. The van der Waals surface area contributed by atoms with Crippen molar-refractivity contribution in [2.24, 2.45) is 5.73 Å². The molecular formula is C19H28ClF2N3O3. The Balaban J connectivity index is 0.00000392. The number of likely N-dealkylation sites (tertiary alicyclic amines) is 1. The minimum Gasteiger partial charge on any atom is -0.484 e. The summed E-state index contributed by atoms with van der Waals surface area (Å²) in [6.07, 6.45) is 3.10. The summed E-state index contributed by atoms with van der Waals surface area (Å²) in [6.45, 7) is 2.34. The molecule has 1 saturated heterocycles. The number of hydrogen-bond donors (Lipinski definition) is 2. The van der Waals surface area contributed by atoms with E-state index in [0.717, 1.165) is 19.3 Å². The van der Waals surface area contributed by atoms with Crippen LogP contribution in [0.2, 0.25) is 0 Å². The molecule has 158 valence electrons. The Morgan fingerprint density at radius 2 is 1.79 bits per heavy atom. The summed E-state index contributed by atoms with van der Waals surface area (Å²) >= 11 is 0. The second-order valence-corrected chi connectivity index (χ2v) is 6.99. The van der Waals surface area contributed by atoms with E-state index in [1.807, 2.05) is 18.7 Å². The van der Waals surface area contributed by atoms with Crippen molar-refractivity contribution in [3.05, 3.63) is 29.8 Å². The third kappa shape index (κ3) is 6.60. The van der Waals surface area contributed by atoms with E-state index in [-0.39, 0.29) is 42.6 Å². The molecule has 0 radical (unpaired) electrons. The van der Waals surface area contributed by atoms with Crippen LogP contribution in [0.1, 0.15) is 43.5 Å². The number of benzene rings is 1. The van der Waals surface area contributed by atoms with Gasteiger partial charge in [0.2, 0.25) is 0 Å². The van der Waals surface area contributed by atoms with Crippen molar-refractivity contribution >= 4 is 24.2 Å². The Kier molecular flexibility index (Phi) is 9.10. The first kappa shape index (κ1) is 24.1. The van der Waals surface area contributed by atoms with Crippen molar-refractivity contribution in [1.82, 2.24) is 10.2 Å². The zero-order valence-electron chi connectivity index (χ0n) is 16.1. The summed E-state index contributed by atoms with van der Waals surface area (Å²) in [4.78, 5) is 26.2.